The van der Waals surface area contributed by atoms with Gasteiger partial charge in [-0.1, -0.05) is 163 Å². The van der Waals surface area contributed by atoms with Crippen molar-refractivity contribution in [2.24, 2.45) is 0 Å². The van der Waals surface area contributed by atoms with Crippen LogP contribution >= 0.6 is 0 Å². The summed E-state index contributed by atoms with van der Waals surface area (Å²) in [5, 5.41) is 0. The summed E-state index contributed by atoms with van der Waals surface area (Å²) in [6.07, 6.45) is 0. The molecule has 2 aliphatic rings. The van der Waals surface area contributed by atoms with Crippen LogP contribution in [-0.4, -0.2) is 0 Å². The Labute approximate surface area is 306 Å². The minimum atomic E-state index is -0.397. The maximum absolute atomic E-state index is 2.47. The average Bonchev–Trinajstić information content (AvgIpc) is 3.66. The molecular weight excluding hydrogens is 627 g/mol. The third-order valence-corrected chi connectivity index (χ3v) is 11.3. The monoisotopic (exact) mass is 663 g/mol. The minimum Gasteiger partial charge on any atom is -0.310 e. The summed E-state index contributed by atoms with van der Waals surface area (Å²) >= 11 is 0. The van der Waals surface area contributed by atoms with Crippen LogP contribution in [0.4, 0.5) is 17.1 Å². The Balaban J connectivity index is 1.17. The van der Waals surface area contributed by atoms with Gasteiger partial charge in [0, 0.05) is 17.1 Å². The number of aryl methyl sites for hydroxylation is 2. The highest BCUT2D eigenvalue weighted by atomic mass is 15.1. The predicted octanol–water partition coefficient (Wildman–Crippen LogP) is 13.5. The van der Waals surface area contributed by atoms with Gasteiger partial charge >= 0.3 is 0 Å². The number of hydrogen-bond donors (Lipinski definition) is 0. The second kappa shape index (κ2) is 11.8. The van der Waals surface area contributed by atoms with Crippen LogP contribution in [0.15, 0.2) is 188 Å². The van der Waals surface area contributed by atoms with Gasteiger partial charge in [-0.2, -0.15) is 0 Å². The van der Waals surface area contributed by atoms with Gasteiger partial charge in [0.05, 0.1) is 5.41 Å². The molecule has 0 saturated carbocycles. The Morgan fingerprint density at radius 2 is 0.635 bits per heavy atom. The smallest absolute Gasteiger partial charge is 0.0726 e. The van der Waals surface area contributed by atoms with Crippen molar-refractivity contribution in [1.29, 1.82) is 0 Å². The van der Waals surface area contributed by atoms with E-state index in [9.17, 15) is 0 Å². The Hall–Kier alpha value is -6.44. The molecular formula is C51H37N. The highest BCUT2D eigenvalue weighted by Crippen LogP contribution is 2.63. The maximum atomic E-state index is 2.47. The van der Waals surface area contributed by atoms with Crippen LogP contribution in [0.25, 0.3) is 44.5 Å². The zero-order chi connectivity index (χ0) is 34.8. The maximum Gasteiger partial charge on any atom is 0.0726 e. The molecule has 8 aromatic rings. The van der Waals surface area contributed by atoms with Gasteiger partial charge in [-0.15, -0.1) is 0 Å². The zero-order valence-electron chi connectivity index (χ0n) is 29.3. The first-order chi connectivity index (χ1) is 25.6. The molecule has 1 spiro atoms. The van der Waals surface area contributed by atoms with Crippen LogP contribution in [0.5, 0.6) is 0 Å². The summed E-state index contributed by atoms with van der Waals surface area (Å²) in [5.74, 6) is 0. The molecule has 1 nitrogen and oxygen atoms in total. The average molecular weight is 664 g/mol. The van der Waals surface area contributed by atoms with E-state index in [1.54, 1.807) is 0 Å². The molecule has 0 aromatic heterocycles. The van der Waals surface area contributed by atoms with Crippen LogP contribution < -0.4 is 4.90 Å². The zero-order valence-corrected chi connectivity index (χ0v) is 29.3. The molecule has 0 aliphatic heterocycles. The van der Waals surface area contributed by atoms with E-state index in [0.717, 1.165) is 17.1 Å². The molecule has 0 heterocycles. The van der Waals surface area contributed by atoms with Crippen LogP contribution in [-0.2, 0) is 5.41 Å². The molecule has 0 radical (unpaired) electrons. The fourth-order valence-corrected chi connectivity index (χ4v) is 8.77. The minimum absolute atomic E-state index is 0.397. The molecule has 8 aromatic carbocycles. The van der Waals surface area contributed by atoms with E-state index in [1.165, 1.54) is 77.9 Å². The molecule has 52 heavy (non-hydrogen) atoms. The first-order valence-corrected chi connectivity index (χ1v) is 18.2. The van der Waals surface area contributed by atoms with Crippen molar-refractivity contribution in [3.8, 4) is 44.5 Å². The van der Waals surface area contributed by atoms with Crippen LogP contribution in [0.1, 0.15) is 33.4 Å². The Morgan fingerprint density at radius 1 is 0.308 bits per heavy atom. The summed E-state index contributed by atoms with van der Waals surface area (Å²) in [4.78, 5) is 2.42. The van der Waals surface area contributed by atoms with E-state index < -0.39 is 5.41 Å². The summed E-state index contributed by atoms with van der Waals surface area (Å²) in [7, 11) is 0. The molecule has 10 rings (SSSR count). The number of fused-ring (bicyclic) bond motifs is 10. The Bertz CT molecular complexity index is 2460. The lowest BCUT2D eigenvalue weighted by Gasteiger charge is -2.32. The van der Waals surface area contributed by atoms with Gasteiger partial charge in [0.25, 0.3) is 0 Å². The fraction of sp³-hybridized carbons (Fsp3) is 0.0588. The molecule has 0 bridgehead atoms. The van der Waals surface area contributed by atoms with Crippen molar-refractivity contribution in [1.82, 2.24) is 0 Å². The van der Waals surface area contributed by atoms with Gasteiger partial charge in [-0.3, -0.25) is 0 Å². The van der Waals surface area contributed by atoms with Crippen molar-refractivity contribution in [2.45, 2.75) is 19.3 Å². The molecule has 0 saturated heterocycles. The Kier molecular flexibility index (Phi) is 6.91. The summed E-state index contributed by atoms with van der Waals surface area (Å²) < 4.78 is 0. The molecule has 2 aliphatic carbocycles. The lowest BCUT2D eigenvalue weighted by Crippen LogP contribution is -2.26. The molecule has 0 fully saturated rings. The van der Waals surface area contributed by atoms with Gasteiger partial charge in [0.2, 0.25) is 0 Å². The quantitative estimate of drug-likeness (QED) is 0.177. The first kappa shape index (κ1) is 30.4. The Morgan fingerprint density at radius 3 is 1.04 bits per heavy atom. The van der Waals surface area contributed by atoms with E-state index >= 15 is 0 Å². The SMILES string of the molecule is Cc1ccc(-c2ccc(N(c3ccc(-c4ccc(C)cc4)cc3)c3ccc4c(c3)C3(c5ccccc5-c5ccccc53)c3ccccc3-4)cc2)cc1. The second-order valence-electron chi connectivity index (χ2n) is 14.3. The topological polar surface area (TPSA) is 3.24 Å². The molecule has 0 atom stereocenters. The normalized spacial score (nSPS) is 13.0. The van der Waals surface area contributed by atoms with Gasteiger partial charge in [-0.25, -0.2) is 0 Å². The fourth-order valence-electron chi connectivity index (χ4n) is 8.77. The van der Waals surface area contributed by atoms with Gasteiger partial charge in [0.1, 0.15) is 0 Å². The highest BCUT2D eigenvalue weighted by molar-refractivity contribution is 5.96. The van der Waals surface area contributed by atoms with E-state index in [0.29, 0.717) is 0 Å². The predicted molar refractivity (Wildman–Crippen MR) is 218 cm³/mol. The summed E-state index contributed by atoms with van der Waals surface area (Å²) in [6.45, 7) is 4.27. The van der Waals surface area contributed by atoms with Crippen molar-refractivity contribution in [3.63, 3.8) is 0 Å². The largest absolute Gasteiger partial charge is 0.310 e. The third-order valence-electron chi connectivity index (χ3n) is 11.3. The molecule has 0 amide bonds. The summed E-state index contributed by atoms with van der Waals surface area (Å²) in [5.41, 5.74) is 21.0. The van der Waals surface area contributed by atoms with Crippen molar-refractivity contribution in [3.05, 3.63) is 221 Å². The highest BCUT2D eigenvalue weighted by Gasteiger charge is 2.51. The standard InChI is InChI=1S/C51H37N/c1-34-15-19-36(20-16-34)38-23-27-40(28-24-38)52(41-29-25-39(26-30-41)37-21-17-35(2)18-22-37)42-31-32-46-45-11-5-8-14-49(45)51(50(46)33-42)47-12-6-3-9-43(47)44-10-4-7-13-48(44)51/h3-33H,1-2H3. The van der Waals surface area contributed by atoms with Crippen molar-refractivity contribution in [2.75, 3.05) is 4.90 Å². The number of rotatable bonds is 5. The van der Waals surface area contributed by atoms with E-state index in [2.05, 4.69) is 207 Å². The molecule has 0 unspecified atom stereocenters. The van der Waals surface area contributed by atoms with Gasteiger partial charge < -0.3 is 4.90 Å². The molecule has 0 N–H and O–H groups in total. The van der Waals surface area contributed by atoms with Gasteiger partial charge in [0.15, 0.2) is 0 Å². The molecule has 246 valence electrons. The van der Waals surface area contributed by atoms with E-state index in [4.69, 9.17) is 0 Å². The van der Waals surface area contributed by atoms with Crippen LogP contribution in [0, 0.1) is 13.8 Å². The number of hydrogen-bond acceptors (Lipinski definition) is 1. The first-order valence-electron chi connectivity index (χ1n) is 18.2. The second-order valence-corrected chi connectivity index (χ2v) is 14.3. The molecule has 1 heteroatoms. The van der Waals surface area contributed by atoms with Crippen LogP contribution in [0.2, 0.25) is 0 Å². The van der Waals surface area contributed by atoms with Crippen molar-refractivity contribution < 1.29 is 0 Å². The van der Waals surface area contributed by atoms with Crippen molar-refractivity contribution >= 4 is 17.1 Å². The lowest BCUT2D eigenvalue weighted by molar-refractivity contribution is 0.793. The number of nitrogens with zero attached hydrogens (tertiary/aromatic N) is 1. The number of benzene rings is 8. The van der Waals surface area contributed by atoms with E-state index in [-0.39, 0.29) is 0 Å². The van der Waals surface area contributed by atoms with Crippen LogP contribution in [0.3, 0.4) is 0 Å². The third kappa shape index (κ3) is 4.56. The summed E-state index contributed by atoms with van der Waals surface area (Å²) in [6, 6.07) is 69.8. The number of anilines is 3. The lowest BCUT2D eigenvalue weighted by atomic mass is 9.70. The van der Waals surface area contributed by atoms with Gasteiger partial charge in [-0.05, 0) is 117 Å². The van der Waals surface area contributed by atoms with E-state index in [1.807, 2.05) is 0 Å².